The van der Waals surface area contributed by atoms with Crippen LogP contribution in [0.1, 0.15) is 6.42 Å². The molecule has 0 bridgehead atoms. The highest BCUT2D eigenvalue weighted by atomic mass is 19.4. The summed E-state index contributed by atoms with van der Waals surface area (Å²) in [6, 6.07) is 0. The van der Waals surface area contributed by atoms with Crippen LogP contribution in [-0.2, 0) is 4.74 Å². The van der Waals surface area contributed by atoms with Crippen molar-refractivity contribution in [3.63, 3.8) is 0 Å². The summed E-state index contributed by atoms with van der Waals surface area (Å²) in [6.07, 6.45) is -3.60. The second-order valence-electron chi connectivity index (χ2n) is 1.97. The van der Waals surface area contributed by atoms with Crippen molar-refractivity contribution in [2.24, 2.45) is 4.99 Å². The third-order valence-corrected chi connectivity index (χ3v) is 1.11. The van der Waals surface area contributed by atoms with Crippen LogP contribution in [0, 0.1) is 0 Å². The number of hydrogen-bond donors (Lipinski definition) is 0. The van der Waals surface area contributed by atoms with Gasteiger partial charge < -0.3 is 0 Å². The van der Waals surface area contributed by atoms with Crippen LogP contribution in [0.2, 0.25) is 0 Å². The summed E-state index contributed by atoms with van der Waals surface area (Å²) in [5, 5.41) is 0. The van der Waals surface area contributed by atoms with Crippen LogP contribution < -0.4 is 0 Å². The Morgan fingerprint density at radius 2 is 2.20 bits per heavy atom. The Morgan fingerprint density at radius 3 is 2.60 bits per heavy atom. The fraction of sp³-hybridized carbons (Fsp3) is 0.800. The molecule has 0 fully saturated rings. The number of aliphatic imine (C=N–C) groups is 1. The normalized spacial score (nSPS) is 25.7. The van der Waals surface area contributed by atoms with Crippen molar-refractivity contribution in [3.8, 4) is 0 Å². The molecule has 1 aliphatic heterocycles. The summed E-state index contributed by atoms with van der Waals surface area (Å²) in [6.45, 7) is 0.125. The molecule has 58 valence electrons. The van der Waals surface area contributed by atoms with Crippen LogP contribution in [0.3, 0.4) is 0 Å². The summed E-state index contributed by atoms with van der Waals surface area (Å²) in [4.78, 5) is 3.60. The lowest BCUT2D eigenvalue weighted by Gasteiger charge is -2.11. The zero-order valence-corrected chi connectivity index (χ0v) is 5.06. The highest BCUT2D eigenvalue weighted by Gasteiger charge is 2.33. The van der Waals surface area contributed by atoms with E-state index in [0.29, 0.717) is 0 Å². The lowest BCUT2D eigenvalue weighted by atomic mass is 10.3. The summed E-state index contributed by atoms with van der Waals surface area (Å²) in [7, 11) is 0. The van der Waals surface area contributed by atoms with E-state index in [-0.39, 0.29) is 13.0 Å². The van der Waals surface area contributed by atoms with Gasteiger partial charge in [-0.05, 0) is 0 Å². The second-order valence-corrected chi connectivity index (χ2v) is 1.97. The van der Waals surface area contributed by atoms with Gasteiger partial charge in [0.05, 0.1) is 12.6 Å². The maximum atomic E-state index is 11.4. The van der Waals surface area contributed by atoms with Crippen LogP contribution >= 0.6 is 0 Å². The van der Waals surface area contributed by atoms with Gasteiger partial charge in [0.1, 0.15) is 0 Å². The molecule has 0 saturated carbocycles. The maximum Gasteiger partial charge on any atom is 0.522 e. The maximum absolute atomic E-state index is 11.4. The quantitative estimate of drug-likeness (QED) is 0.557. The van der Waals surface area contributed by atoms with E-state index in [1.54, 1.807) is 0 Å². The van der Waals surface area contributed by atoms with E-state index < -0.39 is 12.5 Å². The van der Waals surface area contributed by atoms with Crippen LogP contribution in [-0.4, -0.2) is 25.2 Å². The van der Waals surface area contributed by atoms with Gasteiger partial charge in [-0.3, -0.25) is 9.73 Å². The Kier molecular flexibility index (Phi) is 1.94. The first kappa shape index (κ1) is 7.53. The number of halogens is 3. The fourth-order valence-corrected chi connectivity index (χ4v) is 0.733. The first-order valence-corrected chi connectivity index (χ1v) is 2.81. The molecule has 0 aromatic rings. The van der Waals surface area contributed by atoms with Gasteiger partial charge in [0.2, 0.25) is 0 Å². The Bertz CT molecular complexity index is 134. The number of hydrogen-bond acceptors (Lipinski definition) is 2. The predicted molar refractivity (Wildman–Crippen MR) is 28.9 cm³/mol. The number of alkyl halides is 3. The molecule has 0 spiro atoms. The summed E-state index contributed by atoms with van der Waals surface area (Å²) in [5.74, 6) is 0. The highest BCUT2D eigenvalue weighted by Crippen LogP contribution is 2.21. The third-order valence-electron chi connectivity index (χ3n) is 1.11. The minimum absolute atomic E-state index is 0.125. The van der Waals surface area contributed by atoms with E-state index in [4.69, 9.17) is 0 Å². The first-order chi connectivity index (χ1) is 4.58. The summed E-state index contributed by atoms with van der Waals surface area (Å²) < 4.78 is 38.0. The highest BCUT2D eigenvalue weighted by molar-refractivity contribution is 5.60. The molecule has 0 N–H and O–H groups in total. The van der Waals surface area contributed by atoms with E-state index in [2.05, 4.69) is 9.73 Å². The molecule has 5 heteroatoms. The van der Waals surface area contributed by atoms with Crippen molar-refractivity contribution in [3.05, 3.63) is 0 Å². The van der Waals surface area contributed by atoms with Gasteiger partial charge in [-0.25, -0.2) is 0 Å². The molecule has 10 heavy (non-hydrogen) atoms. The Balaban J connectivity index is 2.26. The standard InChI is InChI=1S/C5H6F3NO/c6-5(7,8)10-4-1-2-9-3-4/h2,4H,1,3H2. The largest absolute Gasteiger partial charge is 0.522 e. The van der Waals surface area contributed by atoms with Gasteiger partial charge in [0, 0.05) is 12.6 Å². The monoisotopic (exact) mass is 153 g/mol. The van der Waals surface area contributed by atoms with Crippen molar-refractivity contribution in [2.45, 2.75) is 18.9 Å². The molecule has 2 nitrogen and oxygen atoms in total. The molecule has 0 aliphatic carbocycles. The van der Waals surface area contributed by atoms with Gasteiger partial charge in [0.15, 0.2) is 0 Å². The van der Waals surface area contributed by atoms with E-state index in [1.807, 2.05) is 0 Å². The molecular weight excluding hydrogens is 147 g/mol. The summed E-state index contributed by atoms with van der Waals surface area (Å²) in [5.41, 5.74) is 0. The molecule has 1 rings (SSSR count). The van der Waals surface area contributed by atoms with Crippen LogP contribution in [0.15, 0.2) is 4.99 Å². The van der Waals surface area contributed by atoms with Crippen LogP contribution in [0.4, 0.5) is 13.2 Å². The number of rotatable bonds is 1. The van der Waals surface area contributed by atoms with Crippen molar-refractivity contribution in [2.75, 3.05) is 6.54 Å². The SMILES string of the molecule is FC(F)(F)OC1CC=NC1. The van der Waals surface area contributed by atoms with E-state index in [9.17, 15) is 13.2 Å². The minimum Gasteiger partial charge on any atom is -0.295 e. The van der Waals surface area contributed by atoms with Crippen molar-refractivity contribution >= 4 is 6.21 Å². The second kappa shape index (κ2) is 2.57. The Morgan fingerprint density at radius 1 is 1.50 bits per heavy atom. The lowest BCUT2D eigenvalue weighted by Crippen LogP contribution is -2.23. The Labute approximate surface area is 55.7 Å². The number of ether oxygens (including phenoxy) is 1. The van der Waals surface area contributed by atoms with Gasteiger partial charge >= 0.3 is 6.36 Å². The molecule has 1 heterocycles. The molecule has 0 saturated heterocycles. The van der Waals surface area contributed by atoms with Crippen LogP contribution in [0.25, 0.3) is 0 Å². The van der Waals surface area contributed by atoms with Crippen molar-refractivity contribution < 1.29 is 17.9 Å². The first-order valence-electron chi connectivity index (χ1n) is 2.81. The van der Waals surface area contributed by atoms with E-state index >= 15 is 0 Å². The smallest absolute Gasteiger partial charge is 0.295 e. The minimum atomic E-state index is -4.52. The zero-order valence-electron chi connectivity index (χ0n) is 5.06. The van der Waals surface area contributed by atoms with E-state index in [1.165, 1.54) is 6.21 Å². The van der Waals surface area contributed by atoms with Gasteiger partial charge in [-0.1, -0.05) is 0 Å². The molecule has 0 aromatic carbocycles. The van der Waals surface area contributed by atoms with Crippen molar-refractivity contribution in [1.29, 1.82) is 0 Å². The average Bonchev–Trinajstić information content (AvgIpc) is 2.12. The van der Waals surface area contributed by atoms with Crippen molar-refractivity contribution in [1.82, 2.24) is 0 Å². The zero-order chi connectivity index (χ0) is 7.61. The average molecular weight is 153 g/mol. The lowest BCUT2D eigenvalue weighted by molar-refractivity contribution is -0.339. The van der Waals surface area contributed by atoms with Gasteiger partial charge in [-0.15, -0.1) is 13.2 Å². The predicted octanol–water partition coefficient (Wildman–Crippen LogP) is 1.37. The van der Waals surface area contributed by atoms with Gasteiger partial charge in [-0.2, -0.15) is 0 Å². The molecule has 0 amide bonds. The molecule has 0 aromatic heterocycles. The Hall–Kier alpha value is -0.580. The van der Waals surface area contributed by atoms with Gasteiger partial charge in [0.25, 0.3) is 0 Å². The topological polar surface area (TPSA) is 21.6 Å². The molecule has 0 radical (unpaired) electrons. The van der Waals surface area contributed by atoms with E-state index in [0.717, 1.165) is 0 Å². The van der Waals surface area contributed by atoms with Crippen LogP contribution in [0.5, 0.6) is 0 Å². The summed E-state index contributed by atoms with van der Waals surface area (Å²) >= 11 is 0. The third kappa shape index (κ3) is 2.34. The molecule has 1 unspecified atom stereocenters. The fourth-order valence-electron chi connectivity index (χ4n) is 0.733. The number of nitrogens with zero attached hydrogens (tertiary/aromatic N) is 1. The molecular formula is C5H6F3NO. The molecule has 1 aliphatic rings. The molecule has 1 atom stereocenters.